The fraction of sp³-hybridized carbons (Fsp3) is 0.538. The van der Waals surface area contributed by atoms with Crippen molar-refractivity contribution in [1.82, 2.24) is 0 Å². The molecular weight excluding hydrogens is 245 g/mol. The molecule has 5 heteroatoms. The van der Waals surface area contributed by atoms with Gasteiger partial charge in [0.1, 0.15) is 5.75 Å². The lowest BCUT2D eigenvalue weighted by Crippen LogP contribution is -2.26. The SMILES string of the molecule is CCCC(C)(O)Cc1ccc(OC(F)(F)F)cc1. The van der Waals surface area contributed by atoms with Gasteiger partial charge in [-0.2, -0.15) is 0 Å². The van der Waals surface area contributed by atoms with Crippen LogP contribution in [-0.4, -0.2) is 17.1 Å². The van der Waals surface area contributed by atoms with Crippen molar-refractivity contribution < 1.29 is 23.0 Å². The number of halogens is 3. The molecule has 0 aliphatic heterocycles. The molecule has 0 aliphatic carbocycles. The molecule has 0 radical (unpaired) electrons. The third kappa shape index (κ3) is 5.40. The van der Waals surface area contributed by atoms with Crippen LogP contribution in [0.2, 0.25) is 0 Å². The van der Waals surface area contributed by atoms with E-state index in [1.54, 1.807) is 6.92 Å². The summed E-state index contributed by atoms with van der Waals surface area (Å²) in [7, 11) is 0. The highest BCUT2D eigenvalue weighted by molar-refractivity contribution is 5.28. The fourth-order valence-electron chi connectivity index (χ4n) is 1.88. The summed E-state index contributed by atoms with van der Waals surface area (Å²) in [6.45, 7) is 3.69. The molecule has 0 aromatic heterocycles. The Balaban J connectivity index is 2.66. The van der Waals surface area contributed by atoms with Crippen LogP contribution >= 0.6 is 0 Å². The first-order valence-corrected chi connectivity index (χ1v) is 5.79. The van der Waals surface area contributed by atoms with Crippen molar-refractivity contribution >= 4 is 0 Å². The second kappa shape index (κ2) is 5.61. The predicted molar refractivity (Wildman–Crippen MR) is 62.4 cm³/mol. The first-order chi connectivity index (χ1) is 8.22. The van der Waals surface area contributed by atoms with Gasteiger partial charge in [-0.25, -0.2) is 0 Å². The highest BCUT2D eigenvalue weighted by atomic mass is 19.4. The number of alkyl halides is 3. The second-order valence-corrected chi connectivity index (χ2v) is 4.62. The van der Waals surface area contributed by atoms with E-state index in [9.17, 15) is 18.3 Å². The molecule has 0 amide bonds. The molecule has 1 aromatic rings. The standard InChI is InChI=1S/C13H17F3O2/c1-3-8-12(2,17)9-10-4-6-11(7-5-10)18-13(14,15)16/h4-7,17H,3,8-9H2,1-2H3. The monoisotopic (exact) mass is 262 g/mol. The van der Waals surface area contributed by atoms with Crippen LogP contribution in [0.15, 0.2) is 24.3 Å². The Kier molecular flexibility index (Phi) is 4.62. The molecule has 1 rings (SSSR count). The Morgan fingerprint density at radius 2 is 1.72 bits per heavy atom. The van der Waals surface area contributed by atoms with E-state index in [-0.39, 0.29) is 5.75 Å². The van der Waals surface area contributed by atoms with Gasteiger partial charge >= 0.3 is 6.36 Å². The Labute approximate surface area is 104 Å². The van der Waals surface area contributed by atoms with Gasteiger partial charge in [-0.1, -0.05) is 25.5 Å². The van der Waals surface area contributed by atoms with E-state index in [1.165, 1.54) is 24.3 Å². The summed E-state index contributed by atoms with van der Waals surface area (Å²) in [6, 6.07) is 5.58. The maximum atomic E-state index is 12.0. The van der Waals surface area contributed by atoms with Crippen LogP contribution < -0.4 is 4.74 Å². The Bertz CT molecular complexity index is 369. The molecule has 1 unspecified atom stereocenters. The molecule has 0 heterocycles. The van der Waals surface area contributed by atoms with Gasteiger partial charge in [-0.3, -0.25) is 0 Å². The zero-order chi connectivity index (χ0) is 13.8. The molecule has 1 aromatic carbocycles. The lowest BCUT2D eigenvalue weighted by Gasteiger charge is -2.22. The maximum Gasteiger partial charge on any atom is 0.573 e. The van der Waals surface area contributed by atoms with Crippen molar-refractivity contribution in [2.75, 3.05) is 0 Å². The van der Waals surface area contributed by atoms with Crippen LogP contribution in [0, 0.1) is 0 Å². The number of rotatable bonds is 5. The minimum absolute atomic E-state index is 0.249. The molecule has 18 heavy (non-hydrogen) atoms. The molecule has 2 nitrogen and oxygen atoms in total. The number of benzene rings is 1. The zero-order valence-electron chi connectivity index (χ0n) is 10.4. The average molecular weight is 262 g/mol. The van der Waals surface area contributed by atoms with Crippen LogP contribution in [0.3, 0.4) is 0 Å². The van der Waals surface area contributed by atoms with Crippen LogP contribution in [0.25, 0.3) is 0 Å². The molecule has 0 spiro atoms. The average Bonchev–Trinajstić information content (AvgIpc) is 2.18. The van der Waals surface area contributed by atoms with E-state index >= 15 is 0 Å². The van der Waals surface area contributed by atoms with E-state index in [0.717, 1.165) is 12.0 Å². The van der Waals surface area contributed by atoms with Crippen molar-refractivity contribution in [3.63, 3.8) is 0 Å². The van der Waals surface area contributed by atoms with E-state index in [1.807, 2.05) is 6.92 Å². The number of hydrogen-bond acceptors (Lipinski definition) is 2. The molecular formula is C13H17F3O2. The van der Waals surface area contributed by atoms with Crippen LogP contribution in [0.4, 0.5) is 13.2 Å². The minimum atomic E-state index is -4.67. The topological polar surface area (TPSA) is 29.5 Å². The summed E-state index contributed by atoms with van der Waals surface area (Å²) < 4.78 is 39.6. The Morgan fingerprint density at radius 3 is 2.17 bits per heavy atom. The van der Waals surface area contributed by atoms with Gasteiger partial charge in [0.05, 0.1) is 5.60 Å². The highest BCUT2D eigenvalue weighted by Crippen LogP contribution is 2.24. The number of aliphatic hydroxyl groups is 1. The van der Waals surface area contributed by atoms with Crippen molar-refractivity contribution in [2.24, 2.45) is 0 Å². The third-order valence-corrected chi connectivity index (χ3v) is 2.53. The van der Waals surface area contributed by atoms with Gasteiger partial charge in [-0.05, 0) is 31.0 Å². The molecule has 0 saturated carbocycles. The van der Waals surface area contributed by atoms with E-state index in [2.05, 4.69) is 4.74 Å². The summed E-state index contributed by atoms with van der Waals surface area (Å²) in [5.41, 5.74) is -0.0517. The van der Waals surface area contributed by atoms with Gasteiger partial charge in [0.15, 0.2) is 0 Å². The summed E-state index contributed by atoms with van der Waals surface area (Å²) in [4.78, 5) is 0. The first kappa shape index (κ1) is 14.8. The normalized spacial score (nSPS) is 15.2. The summed E-state index contributed by atoms with van der Waals surface area (Å²) in [5.74, 6) is -0.249. The quantitative estimate of drug-likeness (QED) is 0.877. The van der Waals surface area contributed by atoms with E-state index in [0.29, 0.717) is 12.8 Å². The van der Waals surface area contributed by atoms with Crippen molar-refractivity contribution in [3.05, 3.63) is 29.8 Å². The van der Waals surface area contributed by atoms with Gasteiger partial charge in [0, 0.05) is 6.42 Å². The highest BCUT2D eigenvalue weighted by Gasteiger charge is 2.31. The first-order valence-electron chi connectivity index (χ1n) is 5.79. The Morgan fingerprint density at radius 1 is 1.17 bits per heavy atom. The largest absolute Gasteiger partial charge is 0.573 e. The molecule has 102 valence electrons. The Hall–Kier alpha value is -1.23. The number of ether oxygens (including phenoxy) is 1. The minimum Gasteiger partial charge on any atom is -0.406 e. The number of hydrogen-bond donors (Lipinski definition) is 1. The summed E-state index contributed by atoms with van der Waals surface area (Å²) in [6.07, 6.45) is -2.77. The zero-order valence-corrected chi connectivity index (χ0v) is 10.4. The lowest BCUT2D eigenvalue weighted by atomic mass is 9.92. The van der Waals surface area contributed by atoms with Crippen LogP contribution in [0.5, 0.6) is 5.75 Å². The van der Waals surface area contributed by atoms with Gasteiger partial charge in [0.2, 0.25) is 0 Å². The van der Waals surface area contributed by atoms with Crippen molar-refractivity contribution in [1.29, 1.82) is 0 Å². The fourth-order valence-corrected chi connectivity index (χ4v) is 1.88. The molecule has 1 atom stereocenters. The van der Waals surface area contributed by atoms with Crippen molar-refractivity contribution in [2.45, 2.75) is 45.1 Å². The van der Waals surface area contributed by atoms with Crippen molar-refractivity contribution in [3.8, 4) is 5.75 Å². The third-order valence-electron chi connectivity index (χ3n) is 2.53. The smallest absolute Gasteiger partial charge is 0.406 e. The molecule has 0 fully saturated rings. The maximum absolute atomic E-state index is 12.0. The van der Waals surface area contributed by atoms with E-state index in [4.69, 9.17) is 0 Å². The second-order valence-electron chi connectivity index (χ2n) is 4.62. The molecule has 0 saturated heterocycles. The van der Waals surface area contributed by atoms with Crippen LogP contribution in [-0.2, 0) is 6.42 Å². The lowest BCUT2D eigenvalue weighted by molar-refractivity contribution is -0.274. The predicted octanol–water partition coefficient (Wildman–Crippen LogP) is 3.68. The van der Waals surface area contributed by atoms with Gasteiger partial charge in [-0.15, -0.1) is 13.2 Å². The van der Waals surface area contributed by atoms with Gasteiger partial charge in [0.25, 0.3) is 0 Å². The van der Waals surface area contributed by atoms with Gasteiger partial charge < -0.3 is 9.84 Å². The molecule has 0 bridgehead atoms. The summed E-state index contributed by atoms with van der Waals surface area (Å²) in [5, 5.41) is 10.0. The van der Waals surface area contributed by atoms with E-state index < -0.39 is 12.0 Å². The summed E-state index contributed by atoms with van der Waals surface area (Å²) >= 11 is 0. The molecule has 1 N–H and O–H groups in total. The van der Waals surface area contributed by atoms with Crippen LogP contribution in [0.1, 0.15) is 32.3 Å². The molecule has 0 aliphatic rings.